The van der Waals surface area contributed by atoms with Crippen molar-refractivity contribution in [3.8, 4) is 0 Å². The lowest BCUT2D eigenvalue weighted by Gasteiger charge is -1.96. The van der Waals surface area contributed by atoms with Crippen molar-refractivity contribution in [3.05, 3.63) is 43.0 Å². The summed E-state index contributed by atoms with van der Waals surface area (Å²) in [6, 6.07) is 8.06. The second-order valence-electron chi connectivity index (χ2n) is 3.40. The summed E-state index contributed by atoms with van der Waals surface area (Å²) in [6.45, 7) is 0.242. The van der Waals surface area contributed by atoms with Gasteiger partial charge in [-0.15, -0.1) is 0 Å². The van der Waals surface area contributed by atoms with Gasteiger partial charge in [0.05, 0.1) is 18.3 Å². The average molecular weight is 290 g/mol. The molecule has 1 N–H and O–H groups in total. The molecule has 0 radical (unpaired) electrons. The van der Waals surface area contributed by atoms with Crippen molar-refractivity contribution in [3.63, 3.8) is 0 Å². The minimum atomic E-state index is -3.63. The van der Waals surface area contributed by atoms with Gasteiger partial charge in [0.2, 0.25) is 6.33 Å². The molecule has 18 heavy (non-hydrogen) atoms. The van der Waals surface area contributed by atoms with Gasteiger partial charge in [-0.05, 0) is 12.1 Å². The molecular formula is C10H12ClN3O3S. The first-order valence-corrected chi connectivity index (χ1v) is 6.44. The van der Waals surface area contributed by atoms with E-state index in [1.807, 2.05) is 0 Å². The van der Waals surface area contributed by atoms with Gasteiger partial charge >= 0.3 is 10.0 Å². The third-order valence-electron chi connectivity index (χ3n) is 2.21. The fourth-order valence-corrected chi connectivity index (χ4v) is 2.49. The van der Waals surface area contributed by atoms with Crippen molar-refractivity contribution < 1.29 is 30.5 Å². The van der Waals surface area contributed by atoms with Crippen LogP contribution in [0.2, 0.25) is 0 Å². The van der Waals surface area contributed by atoms with Crippen molar-refractivity contribution in [1.82, 2.24) is 9.19 Å². The SMILES string of the molecule is O=S(=O)(c1ccccc1)n1c[n+](CCO)cn1.[Cl-]. The molecule has 0 unspecified atom stereocenters. The topological polar surface area (TPSA) is 76.1 Å². The Labute approximate surface area is 111 Å². The van der Waals surface area contributed by atoms with Crippen LogP contribution in [-0.2, 0) is 16.6 Å². The summed E-state index contributed by atoms with van der Waals surface area (Å²) >= 11 is 0. The standard InChI is InChI=1S/C10H12N3O3S.ClH/c14-7-6-12-8-11-13(9-12)17(15,16)10-4-2-1-3-5-10;/h1-5,8-9,14H,6-7H2;1H/q+1;/p-1. The van der Waals surface area contributed by atoms with E-state index in [0.29, 0.717) is 6.54 Å². The van der Waals surface area contributed by atoms with Crippen LogP contribution in [-0.4, -0.2) is 29.3 Å². The molecule has 6 nitrogen and oxygen atoms in total. The van der Waals surface area contributed by atoms with Crippen LogP contribution in [0.4, 0.5) is 0 Å². The summed E-state index contributed by atoms with van der Waals surface area (Å²) in [7, 11) is -3.63. The van der Waals surface area contributed by atoms with Gasteiger partial charge in [0.15, 0.2) is 0 Å². The van der Waals surface area contributed by atoms with Crippen LogP contribution in [0.1, 0.15) is 0 Å². The van der Waals surface area contributed by atoms with E-state index < -0.39 is 10.0 Å². The van der Waals surface area contributed by atoms with Gasteiger partial charge in [-0.1, -0.05) is 18.2 Å². The fraction of sp³-hybridized carbons (Fsp3) is 0.200. The Bertz CT molecular complexity index is 598. The van der Waals surface area contributed by atoms with Gasteiger partial charge < -0.3 is 17.5 Å². The molecule has 0 atom stereocenters. The molecule has 0 amide bonds. The first-order valence-electron chi connectivity index (χ1n) is 5.00. The third-order valence-corrected chi connectivity index (χ3v) is 3.76. The van der Waals surface area contributed by atoms with E-state index in [1.165, 1.54) is 29.4 Å². The van der Waals surface area contributed by atoms with Crippen molar-refractivity contribution in [1.29, 1.82) is 0 Å². The smallest absolute Gasteiger partial charge is 0.341 e. The molecule has 1 aromatic heterocycles. The Morgan fingerprint density at radius 1 is 1.28 bits per heavy atom. The monoisotopic (exact) mass is 289 g/mol. The highest BCUT2D eigenvalue weighted by molar-refractivity contribution is 7.89. The van der Waals surface area contributed by atoms with Crippen LogP contribution in [0.3, 0.4) is 0 Å². The lowest BCUT2D eigenvalue weighted by molar-refractivity contribution is -0.698. The van der Waals surface area contributed by atoms with E-state index in [2.05, 4.69) is 5.10 Å². The highest BCUT2D eigenvalue weighted by Gasteiger charge is 2.24. The largest absolute Gasteiger partial charge is 1.00 e. The number of hydrogen-bond acceptors (Lipinski definition) is 4. The number of aliphatic hydroxyl groups is 1. The second kappa shape index (κ2) is 5.94. The Balaban J connectivity index is 0.00000162. The predicted molar refractivity (Wildman–Crippen MR) is 58.5 cm³/mol. The molecule has 0 saturated carbocycles. The summed E-state index contributed by atoms with van der Waals surface area (Å²) in [6.07, 6.45) is 2.69. The van der Waals surface area contributed by atoms with Gasteiger partial charge in [0.1, 0.15) is 4.90 Å². The van der Waals surface area contributed by atoms with Gasteiger partial charge in [-0.3, -0.25) is 0 Å². The van der Waals surface area contributed by atoms with E-state index in [1.54, 1.807) is 18.2 Å². The minimum absolute atomic E-state index is 0. The molecule has 1 aromatic carbocycles. The number of benzene rings is 1. The number of rotatable bonds is 4. The van der Waals surface area contributed by atoms with E-state index >= 15 is 0 Å². The predicted octanol–water partition coefficient (Wildman–Crippen LogP) is -3.60. The maximum Gasteiger partial charge on any atom is 0.341 e. The average Bonchev–Trinajstić information content (AvgIpc) is 2.80. The molecule has 0 spiro atoms. The fourth-order valence-electron chi connectivity index (χ4n) is 1.36. The van der Waals surface area contributed by atoms with Crippen LogP contribution in [0.25, 0.3) is 0 Å². The van der Waals surface area contributed by atoms with Crippen LogP contribution < -0.4 is 17.0 Å². The van der Waals surface area contributed by atoms with E-state index in [9.17, 15) is 8.42 Å². The van der Waals surface area contributed by atoms with Gasteiger partial charge in [0, 0.05) is 4.09 Å². The summed E-state index contributed by atoms with van der Waals surface area (Å²) in [5.41, 5.74) is 0. The second-order valence-corrected chi connectivity index (χ2v) is 5.19. The summed E-state index contributed by atoms with van der Waals surface area (Å²) in [4.78, 5) is 0.180. The zero-order valence-electron chi connectivity index (χ0n) is 9.35. The highest BCUT2D eigenvalue weighted by Crippen LogP contribution is 2.10. The number of aliphatic hydroxyl groups excluding tert-OH is 1. The summed E-state index contributed by atoms with van der Waals surface area (Å²) in [5, 5.41) is 12.5. The van der Waals surface area contributed by atoms with Gasteiger partial charge in [-0.25, -0.2) is 4.57 Å². The number of hydrogen-bond donors (Lipinski definition) is 1. The molecule has 0 aliphatic heterocycles. The minimum Gasteiger partial charge on any atom is -1.00 e. The Morgan fingerprint density at radius 2 is 1.94 bits per heavy atom. The van der Waals surface area contributed by atoms with E-state index in [4.69, 9.17) is 5.11 Å². The zero-order chi connectivity index (χ0) is 12.3. The lowest BCUT2D eigenvalue weighted by Crippen LogP contribution is -3.00. The molecule has 0 bridgehead atoms. The lowest BCUT2D eigenvalue weighted by atomic mass is 10.4. The molecule has 1 heterocycles. The van der Waals surface area contributed by atoms with E-state index in [0.717, 1.165) is 4.09 Å². The first kappa shape index (κ1) is 14.6. The van der Waals surface area contributed by atoms with Crippen molar-refractivity contribution in [2.45, 2.75) is 11.4 Å². The van der Waals surface area contributed by atoms with Crippen LogP contribution >= 0.6 is 0 Å². The highest BCUT2D eigenvalue weighted by atomic mass is 35.5. The third kappa shape index (κ3) is 2.87. The maximum atomic E-state index is 12.1. The first-order chi connectivity index (χ1) is 8.14. The Morgan fingerprint density at radius 3 is 2.56 bits per heavy atom. The number of aromatic nitrogens is 3. The van der Waals surface area contributed by atoms with Crippen molar-refractivity contribution >= 4 is 10.0 Å². The van der Waals surface area contributed by atoms with Gasteiger partial charge in [0.25, 0.3) is 6.33 Å². The van der Waals surface area contributed by atoms with Crippen molar-refractivity contribution in [2.24, 2.45) is 0 Å². The quantitative estimate of drug-likeness (QED) is 0.590. The van der Waals surface area contributed by atoms with E-state index in [-0.39, 0.29) is 23.9 Å². The molecule has 0 aliphatic rings. The molecule has 2 aromatic rings. The molecule has 8 heteroatoms. The Hall–Kier alpha value is -1.44. The van der Waals surface area contributed by atoms with Crippen LogP contribution in [0.5, 0.6) is 0 Å². The number of nitrogens with zero attached hydrogens (tertiary/aromatic N) is 3. The zero-order valence-corrected chi connectivity index (χ0v) is 10.9. The van der Waals surface area contributed by atoms with Crippen molar-refractivity contribution in [2.75, 3.05) is 6.61 Å². The maximum absolute atomic E-state index is 12.1. The molecule has 98 valence electrons. The molecule has 0 saturated heterocycles. The van der Waals surface area contributed by atoms with Crippen LogP contribution in [0.15, 0.2) is 47.9 Å². The summed E-state index contributed by atoms with van der Waals surface area (Å²) in [5.74, 6) is 0. The summed E-state index contributed by atoms with van der Waals surface area (Å²) < 4.78 is 26.5. The molecule has 0 aliphatic carbocycles. The molecule has 2 rings (SSSR count). The van der Waals surface area contributed by atoms with Gasteiger partial charge in [-0.2, -0.15) is 8.42 Å². The van der Waals surface area contributed by atoms with Crippen LogP contribution in [0, 0.1) is 0 Å². The molecular weight excluding hydrogens is 278 g/mol. The molecule has 0 fully saturated rings. The normalized spacial score (nSPS) is 10.9. The Kier molecular flexibility index (Phi) is 4.83. The number of halogens is 1.